The Morgan fingerprint density at radius 2 is 1.90 bits per heavy atom. The fraction of sp³-hybridized carbons (Fsp3) is 0.235. The van der Waals surface area contributed by atoms with Crippen LogP contribution in [0.5, 0.6) is 0 Å². The molecule has 2 nitrogen and oxygen atoms in total. The minimum absolute atomic E-state index is 0.0139. The number of carbonyl (C=O) groups excluding carboxylic acids is 1. The Morgan fingerprint density at radius 3 is 2.52 bits per heavy atom. The normalized spacial score (nSPS) is 10.5. The molecule has 0 aliphatic heterocycles. The van der Waals surface area contributed by atoms with Gasteiger partial charge >= 0.3 is 0 Å². The van der Waals surface area contributed by atoms with Crippen LogP contribution < -0.4 is 4.90 Å². The summed E-state index contributed by atoms with van der Waals surface area (Å²) in [4.78, 5) is 14.5. The van der Waals surface area contributed by atoms with E-state index in [0.717, 1.165) is 12.2 Å². The first-order valence-electron chi connectivity index (χ1n) is 6.81. The van der Waals surface area contributed by atoms with E-state index in [0.29, 0.717) is 22.2 Å². The number of hydrogen-bond donors (Lipinski definition) is 0. The van der Waals surface area contributed by atoms with Crippen LogP contribution in [0.15, 0.2) is 42.5 Å². The minimum atomic E-state index is -0.0139. The van der Waals surface area contributed by atoms with Gasteiger partial charge in [0.15, 0.2) is 5.78 Å². The van der Waals surface area contributed by atoms with Gasteiger partial charge in [-0.1, -0.05) is 35.3 Å². The van der Waals surface area contributed by atoms with Crippen molar-refractivity contribution in [3.8, 4) is 0 Å². The highest BCUT2D eigenvalue weighted by Crippen LogP contribution is 2.23. The molecule has 2 aromatic rings. The van der Waals surface area contributed by atoms with Crippen molar-refractivity contribution < 1.29 is 4.79 Å². The predicted molar refractivity (Wildman–Crippen MR) is 89.9 cm³/mol. The third kappa shape index (κ3) is 3.99. The number of ketones is 1. The monoisotopic (exact) mass is 321 g/mol. The summed E-state index contributed by atoms with van der Waals surface area (Å²) in [5, 5.41) is 0.926. The molecule has 0 spiro atoms. The number of aryl methyl sites for hydroxylation is 1. The van der Waals surface area contributed by atoms with Gasteiger partial charge < -0.3 is 4.90 Å². The van der Waals surface area contributed by atoms with E-state index < -0.39 is 0 Å². The lowest BCUT2D eigenvalue weighted by molar-refractivity contribution is 0.0999. The maximum Gasteiger partial charge on any atom is 0.183 e. The fourth-order valence-corrected chi connectivity index (χ4v) is 2.70. The van der Waals surface area contributed by atoms with Crippen LogP contribution in [0.1, 0.15) is 22.8 Å². The highest BCUT2D eigenvalue weighted by Gasteiger charge is 2.15. The standard InChI is InChI=1S/C17H17Cl2NO/c1-3-20(14-6-4-5-12(2)9-14)11-17(21)15-8-7-13(18)10-16(15)19/h4-10H,3,11H2,1-2H3. The molecule has 0 saturated carbocycles. The van der Waals surface area contributed by atoms with Gasteiger partial charge in [0.1, 0.15) is 0 Å². The third-order valence-corrected chi connectivity index (χ3v) is 3.86. The van der Waals surface area contributed by atoms with Crippen molar-refractivity contribution in [2.45, 2.75) is 13.8 Å². The summed E-state index contributed by atoms with van der Waals surface area (Å²) < 4.78 is 0. The second-order valence-electron chi connectivity index (χ2n) is 4.90. The molecule has 0 aliphatic carbocycles. The number of carbonyl (C=O) groups is 1. The molecule has 2 rings (SSSR count). The first-order chi connectivity index (χ1) is 10.0. The molecule has 2 aromatic carbocycles. The van der Waals surface area contributed by atoms with E-state index in [4.69, 9.17) is 23.2 Å². The number of hydrogen-bond acceptors (Lipinski definition) is 2. The molecule has 110 valence electrons. The summed E-state index contributed by atoms with van der Waals surface area (Å²) >= 11 is 12.0. The number of benzene rings is 2. The van der Waals surface area contributed by atoms with Crippen molar-refractivity contribution in [3.63, 3.8) is 0 Å². The van der Waals surface area contributed by atoms with Gasteiger partial charge in [-0.05, 0) is 49.7 Å². The van der Waals surface area contributed by atoms with E-state index in [1.54, 1.807) is 18.2 Å². The highest BCUT2D eigenvalue weighted by atomic mass is 35.5. The van der Waals surface area contributed by atoms with E-state index in [1.807, 2.05) is 36.9 Å². The van der Waals surface area contributed by atoms with Crippen molar-refractivity contribution in [2.24, 2.45) is 0 Å². The third-order valence-electron chi connectivity index (χ3n) is 3.31. The highest BCUT2D eigenvalue weighted by molar-refractivity contribution is 6.36. The van der Waals surface area contributed by atoms with E-state index >= 15 is 0 Å². The van der Waals surface area contributed by atoms with Crippen LogP contribution in [0, 0.1) is 6.92 Å². The minimum Gasteiger partial charge on any atom is -0.364 e. The number of anilines is 1. The average molecular weight is 322 g/mol. The van der Waals surface area contributed by atoms with Gasteiger partial charge in [0.25, 0.3) is 0 Å². The molecule has 0 heterocycles. The molecule has 0 saturated heterocycles. The average Bonchev–Trinajstić information content (AvgIpc) is 2.44. The zero-order chi connectivity index (χ0) is 15.4. The molecule has 0 N–H and O–H groups in total. The molecule has 0 radical (unpaired) electrons. The molecule has 21 heavy (non-hydrogen) atoms. The molecule has 4 heteroatoms. The van der Waals surface area contributed by atoms with Crippen LogP contribution in [0.4, 0.5) is 5.69 Å². The van der Waals surface area contributed by atoms with E-state index in [2.05, 4.69) is 6.07 Å². The van der Waals surface area contributed by atoms with Crippen molar-refractivity contribution in [3.05, 3.63) is 63.6 Å². The van der Waals surface area contributed by atoms with Gasteiger partial charge in [-0.15, -0.1) is 0 Å². The molecule has 0 atom stereocenters. The van der Waals surface area contributed by atoms with Crippen LogP contribution in [-0.2, 0) is 0 Å². The quantitative estimate of drug-likeness (QED) is 0.721. The number of Topliss-reactive ketones (excluding diaryl/α,β-unsaturated/α-hetero) is 1. The molecule has 0 unspecified atom stereocenters. The molecule has 0 aromatic heterocycles. The van der Waals surface area contributed by atoms with Crippen LogP contribution >= 0.6 is 23.2 Å². The van der Waals surface area contributed by atoms with E-state index in [9.17, 15) is 4.79 Å². The van der Waals surface area contributed by atoms with Crippen molar-refractivity contribution in [1.29, 1.82) is 0 Å². The lowest BCUT2D eigenvalue weighted by Crippen LogP contribution is -2.29. The van der Waals surface area contributed by atoms with Crippen LogP contribution in [0.3, 0.4) is 0 Å². The van der Waals surface area contributed by atoms with Gasteiger partial charge in [-0.3, -0.25) is 4.79 Å². The molecule has 0 aliphatic rings. The van der Waals surface area contributed by atoms with Gasteiger partial charge in [-0.25, -0.2) is 0 Å². The Hall–Kier alpha value is -1.51. The Bertz CT molecular complexity index is 655. The summed E-state index contributed by atoms with van der Waals surface area (Å²) in [5.41, 5.74) is 2.71. The summed E-state index contributed by atoms with van der Waals surface area (Å²) in [6.45, 7) is 5.11. The van der Waals surface area contributed by atoms with Crippen LogP contribution in [0.25, 0.3) is 0 Å². The SMILES string of the molecule is CCN(CC(=O)c1ccc(Cl)cc1Cl)c1cccc(C)c1. The van der Waals surface area contributed by atoms with Crippen molar-refractivity contribution in [2.75, 3.05) is 18.0 Å². The molecular formula is C17H17Cl2NO. The zero-order valence-corrected chi connectivity index (χ0v) is 13.6. The smallest absolute Gasteiger partial charge is 0.183 e. The lowest BCUT2D eigenvalue weighted by Gasteiger charge is -2.23. The largest absolute Gasteiger partial charge is 0.364 e. The topological polar surface area (TPSA) is 20.3 Å². The van der Waals surface area contributed by atoms with Crippen LogP contribution in [-0.4, -0.2) is 18.9 Å². The van der Waals surface area contributed by atoms with Crippen molar-refractivity contribution in [1.82, 2.24) is 0 Å². The van der Waals surface area contributed by atoms with Crippen LogP contribution in [0.2, 0.25) is 10.0 Å². The van der Waals surface area contributed by atoms with Gasteiger partial charge in [-0.2, -0.15) is 0 Å². The van der Waals surface area contributed by atoms with Crippen molar-refractivity contribution >= 4 is 34.7 Å². The summed E-state index contributed by atoms with van der Waals surface area (Å²) in [5.74, 6) is -0.0139. The summed E-state index contributed by atoms with van der Waals surface area (Å²) in [7, 11) is 0. The Labute approximate surface area is 135 Å². The molecule has 0 fully saturated rings. The second kappa shape index (κ2) is 6.97. The Balaban J connectivity index is 2.20. The van der Waals surface area contributed by atoms with Gasteiger partial charge in [0.2, 0.25) is 0 Å². The Morgan fingerprint density at radius 1 is 1.14 bits per heavy atom. The summed E-state index contributed by atoms with van der Waals surface area (Å²) in [6, 6.07) is 13.1. The first-order valence-corrected chi connectivity index (χ1v) is 7.56. The number of rotatable bonds is 5. The van der Waals surface area contributed by atoms with E-state index in [-0.39, 0.29) is 5.78 Å². The molecular weight excluding hydrogens is 305 g/mol. The molecule has 0 amide bonds. The first kappa shape index (κ1) is 15.9. The maximum atomic E-state index is 12.4. The van der Waals surface area contributed by atoms with Gasteiger partial charge in [0, 0.05) is 22.8 Å². The predicted octanol–water partition coefficient (Wildman–Crippen LogP) is 5.01. The number of nitrogens with zero attached hydrogens (tertiary/aromatic N) is 1. The number of halogens is 2. The van der Waals surface area contributed by atoms with Gasteiger partial charge in [0.05, 0.1) is 11.6 Å². The maximum absolute atomic E-state index is 12.4. The molecule has 0 bridgehead atoms. The second-order valence-corrected chi connectivity index (χ2v) is 5.74. The van der Waals surface area contributed by atoms with E-state index in [1.165, 1.54) is 5.56 Å². The Kier molecular flexibility index (Phi) is 5.27. The number of likely N-dealkylation sites (N-methyl/N-ethyl adjacent to an activating group) is 1. The summed E-state index contributed by atoms with van der Waals surface area (Å²) in [6.07, 6.45) is 0. The fourth-order valence-electron chi connectivity index (χ4n) is 2.18. The lowest BCUT2D eigenvalue weighted by atomic mass is 10.1. The zero-order valence-electron chi connectivity index (χ0n) is 12.1.